The van der Waals surface area contributed by atoms with E-state index in [1.165, 1.54) is 154 Å². The summed E-state index contributed by atoms with van der Waals surface area (Å²) in [4.78, 5) is 2.33. The van der Waals surface area contributed by atoms with Crippen LogP contribution in [-0.2, 0) is 14.2 Å². The maximum Gasteiger partial charge on any atom is 0.280 e. The molecule has 328 valence electrons. The van der Waals surface area contributed by atoms with Gasteiger partial charge in [0.25, 0.3) is 5.97 Å². The number of nitrogens with zero attached hydrogens (tertiary/aromatic N) is 1. The summed E-state index contributed by atoms with van der Waals surface area (Å²) in [6.45, 7) is 17.3. The molecule has 1 saturated heterocycles. The summed E-state index contributed by atoms with van der Waals surface area (Å²) in [5.74, 6) is -0.346. The highest BCUT2D eigenvalue weighted by Crippen LogP contribution is 2.38. The fourth-order valence-electron chi connectivity index (χ4n) is 8.23. The molecule has 4 heteroatoms. The van der Waals surface area contributed by atoms with Crippen LogP contribution in [0.4, 0.5) is 0 Å². The van der Waals surface area contributed by atoms with Crippen LogP contribution in [0, 0.1) is 11.3 Å². The summed E-state index contributed by atoms with van der Waals surface area (Å²) in [6, 6.07) is 0. The Hall–Kier alpha value is -1.20. The van der Waals surface area contributed by atoms with Gasteiger partial charge in [0.1, 0.15) is 0 Å². The molecule has 1 aliphatic rings. The van der Waals surface area contributed by atoms with Gasteiger partial charge >= 0.3 is 0 Å². The van der Waals surface area contributed by atoms with Gasteiger partial charge in [-0.2, -0.15) is 0 Å². The van der Waals surface area contributed by atoms with Crippen LogP contribution in [0.1, 0.15) is 228 Å². The lowest BCUT2D eigenvalue weighted by Crippen LogP contribution is -2.43. The minimum atomic E-state index is -0.922. The van der Waals surface area contributed by atoms with Crippen molar-refractivity contribution in [1.29, 1.82) is 0 Å². The fraction of sp³-hybridized carbons (Fsp3) is 0.846. The summed E-state index contributed by atoms with van der Waals surface area (Å²) in [5.41, 5.74) is 0.290. The third-order valence-electron chi connectivity index (χ3n) is 12.0. The minimum absolute atomic E-state index is 0.0757. The molecule has 1 heterocycles. The number of ether oxygens (including phenoxy) is 3. The Morgan fingerprint density at radius 3 is 1.45 bits per heavy atom. The zero-order chi connectivity index (χ0) is 41.2. The van der Waals surface area contributed by atoms with Crippen LogP contribution in [0.25, 0.3) is 0 Å². The van der Waals surface area contributed by atoms with E-state index in [1.807, 2.05) is 6.92 Å². The molecule has 0 aliphatic carbocycles. The lowest BCUT2D eigenvalue weighted by Gasteiger charge is -2.40. The predicted octanol–water partition coefficient (Wildman–Crippen LogP) is 16.3. The maximum absolute atomic E-state index is 6.52. The second-order valence-corrected chi connectivity index (χ2v) is 19.1. The molecule has 0 N–H and O–H groups in total. The van der Waals surface area contributed by atoms with E-state index < -0.39 is 5.97 Å². The van der Waals surface area contributed by atoms with E-state index in [2.05, 4.69) is 109 Å². The third kappa shape index (κ3) is 29.9. The van der Waals surface area contributed by atoms with E-state index in [-0.39, 0.29) is 17.1 Å². The van der Waals surface area contributed by atoms with Gasteiger partial charge < -0.3 is 19.1 Å². The molecular weight excluding hydrogens is 687 g/mol. The zero-order valence-corrected chi connectivity index (χ0v) is 39.2. The topological polar surface area (TPSA) is 30.9 Å². The van der Waals surface area contributed by atoms with Crippen molar-refractivity contribution in [3.63, 3.8) is 0 Å². The quantitative estimate of drug-likeness (QED) is 0.0461. The zero-order valence-electron chi connectivity index (χ0n) is 39.2. The van der Waals surface area contributed by atoms with Gasteiger partial charge in [-0.15, -0.1) is 0 Å². The van der Waals surface area contributed by atoms with E-state index in [9.17, 15) is 0 Å². The molecule has 2 atom stereocenters. The summed E-state index contributed by atoms with van der Waals surface area (Å²) >= 11 is 0. The van der Waals surface area contributed by atoms with Crippen molar-refractivity contribution in [3.05, 3.63) is 48.6 Å². The van der Waals surface area contributed by atoms with Gasteiger partial charge in [0.05, 0.1) is 19.3 Å². The predicted molar refractivity (Wildman–Crippen MR) is 247 cm³/mol. The van der Waals surface area contributed by atoms with Crippen LogP contribution < -0.4 is 0 Å². The first-order valence-electron chi connectivity index (χ1n) is 24.2. The molecule has 0 saturated carbocycles. The van der Waals surface area contributed by atoms with Crippen LogP contribution in [-0.4, -0.2) is 49.8 Å². The Bertz CT molecular complexity index is 962. The van der Waals surface area contributed by atoms with E-state index in [4.69, 9.17) is 14.2 Å². The fourth-order valence-corrected chi connectivity index (χ4v) is 8.23. The molecule has 0 radical (unpaired) electrons. The first-order valence-corrected chi connectivity index (χ1v) is 24.2. The van der Waals surface area contributed by atoms with Crippen molar-refractivity contribution in [3.8, 4) is 0 Å². The molecule has 0 bridgehead atoms. The number of hydrogen-bond acceptors (Lipinski definition) is 4. The molecular formula is C52H97NO3. The average molecular weight is 784 g/mol. The van der Waals surface area contributed by atoms with Gasteiger partial charge in [0, 0.05) is 12.5 Å². The van der Waals surface area contributed by atoms with Crippen LogP contribution in [0.2, 0.25) is 0 Å². The van der Waals surface area contributed by atoms with Crippen molar-refractivity contribution in [2.75, 3.05) is 27.3 Å². The normalized spacial score (nSPS) is 18.5. The van der Waals surface area contributed by atoms with Crippen molar-refractivity contribution in [1.82, 2.24) is 4.90 Å². The molecule has 2 unspecified atom stereocenters. The number of unbranched alkanes of at least 4 members (excludes halogenated alkanes) is 18. The first-order chi connectivity index (χ1) is 26.9. The summed E-state index contributed by atoms with van der Waals surface area (Å²) in [5, 5.41) is 0. The Morgan fingerprint density at radius 1 is 0.607 bits per heavy atom. The molecule has 4 nitrogen and oxygen atoms in total. The second kappa shape index (κ2) is 33.6. The van der Waals surface area contributed by atoms with E-state index in [0.29, 0.717) is 12.5 Å². The highest BCUT2D eigenvalue weighted by molar-refractivity contribution is 4.94. The SMILES string of the molecule is CCCCC/C=C\C/C=C\CCCCCCCCC(CCCCCCCC/C=C\C/C=C\CCCCC)COC1(C)OCC(CC(C)(C)CC(C)(C)N(C)C)O1. The lowest BCUT2D eigenvalue weighted by molar-refractivity contribution is -0.329. The molecule has 0 aromatic heterocycles. The van der Waals surface area contributed by atoms with Crippen LogP contribution in [0.5, 0.6) is 0 Å². The van der Waals surface area contributed by atoms with Gasteiger partial charge in [0.15, 0.2) is 0 Å². The van der Waals surface area contributed by atoms with Crippen LogP contribution in [0.15, 0.2) is 48.6 Å². The molecule has 0 aromatic carbocycles. The van der Waals surface area contributed by atoms with Gasteiger partial charge in [-0.3, -0.25) is 0 Å². The van der Waals surface area contributed by atoms with Crippen molar-refractivity contribution in [2.45, 2.75) is 246 Å². The summed E-state index contributed by atoms with van der Waals surface area (Å²) in [6.07, 6.45) is 54.7. The molecule has 56 heavy (non-hydrogen) atoms. The monoisotopic (exact) mass is 784 g/mol. The first kappa shape index (κ1) is 52.8. The summed E-state index contributed by atoms with van der Waals surface area (Å²) < 4.78 is 19.3. The molecule has 0 aromatic rings. The largest absolute Gasteiger partial charge is 0.327 e. The summed E-state index contributed by atoms with van der Waals surface area (Å²) in [7, 11) is 4.36. The third-order valence-corrected chi connectivity index (χ3v) is 12.0. The van der Waals surface area contributed by atoms with Gasteiger partial charge in [-0.1, -0.05) is 166 Å². The van der Waals surface area contributed by atoms with Crippen molar-refractivity contribution < 1.29 is 14.2 Å². The number of hydrogen-bond donors (Lipinski definition) is 0. The molecule has 0 spiro atoms. The molecule has 0 amide bonds. The smallest absolute Gasteiger partial charge is 0.280 e. The van der Waals surface area contributed by atoms with Crippen LogP contribution in [0.3, 0.4) is 0 Å². The number of allylic oxidation sites excluding steroid dienone is 8. The minimum Gasteiger partial charge on any atom is -0.327 e. The average Bonchev–Trinajstić information content (AvgIpc) is 3.51. The van der Waals surface area contributed by atoms with Gasteiger partial charge in [0.2, 0.25) is 0 Å². The Balaban J connectivity index is 2.42. The van der Waals surface area contributed by atoms with Gasteiger partial charge in [-0.05, 0) is 129 Å². The van der Waals surface area contributed by atoms with Crippen molar-refractivity contribution >= 4 is 0 Å². The van der Waals surface area contributed by atoms with Crippen molar-refractivity contribution in [2.24, 2.45) is 11.3 Å². The van der Waals surface area contributed by atoms with Gasteiger partial charge in [-0.25, -0.2) is 0 Å². The standard InChI is InChI=1S/C52H97NO3/c1-10-12-14-16-18-20-22-24-26-28-30-32-34-36-38-40-42-48(43-41-39-37-35-33-31-29-27-25-23-21-19-17-15-13-11-2)45-54-52(7)55-46-49(56-52)44-50(3,4)47-51(5,6)53(8)9/h18-21,24-27,48-49H,10-17,22-23,28-47H2,1-9H3/b20-18-,21-19-,26-24-,27-25-. The maximum atomic E-state index is 6.52. The van der Waals surface area contributed by atoms with E-state index in [1.54, 1.807) is 0 Å². The molecule has 1 aliphatic heterocycles. The highest BCUT2D eigenvalue weighted by Gasteiger charge is 2.42. The Kier molecular flexibility index (Phi) is 31.7. The Labute approximate surface area is 351 Å². The van der Waals surface area contributed by atoms with E-state index in [0.717, 1.165) is 32.3 Å². The van der Waals surface area contributed by atoms with E-state index >= 15 is 0 Å². The highest BCUT2D eigenvalue weighted by atomic mass is 16.9. The Morgan fingerprint density at radius 2 is 1.02 bits per heavy atom. The number of rotatable bonds is 38. The second-order valence-electron chi connectivity index (χ2n) is 19.1. The van der Waals surface area contributed by atoms with Crippen LogP contribution >= 0.6 is 0 Å². The molecule has 1 fully saturated rings. The lowest BCUT2D eigenvalue weighted by atomic mass is 9.76. The molecule has 1 rings (SSSR count).